The topological polar surface area (TPSA) is 28.7 Å². The fourth-order valence-corrected chi connectivity index (χ4v) is 1.87. The maximum Gasteiger partial charge on any atom is 0.0991 e. The zero-order valence-corrected chi connectivity index (χ0v) is 9.57. The van der Waals surface area contributed by atoms with E-state index in [1.54, 1.807) is 0 Å². The molecule has 0 N–H and O–H groups in total. The predicted molar refractivity (Wildman–Crippen MR) is 64.2 cm³/mol. The number of aryl methyl sites for hydroxylation is 2. The number of hydrogen-bond donors (Lipinski definition) is 0. The molecule has 1 aromatic carbocycles. The molecule has 0 unspecified atom stereocenters. The van der Waals surface area contributed by atoms with Crippen molar-refractivity contribution in [3.63, 3.8) is 0 Å². The second kappa shape index (κ2) is 4.24. The Hall–Kier alpha value is -2.01. The van der Waals surface area contributed by atoms with E-state index in [0.717, 1.165) is 12.1 Å². The maximum absolute atomic E-state index is 8.84. The first-order valence-corrected chi connectivity index (χ1v) is 5.32. The minimum absolute atomic E-state index is 0.722. The van der Waals surface area contributed by atoms with E-state index in [1.165, 1.54) is 17.0 Å². The Bertz CT molecular complexity index is 525. The highest BCUT2D eigenvalue weighted by Crippen LogP contribution is 2.12. The van der Waals surface area contributed by atoms with Crippen LogP contribution in [0.15, 0.2) is 36.4 Å². The van der Waals surface area contributed by atoms with Crippen LogP contribution in [-0.2, 0) is 6.54 Å². The van der Waals surface area contributed by atoms with Gasteiger partial charge in [0, 0.05) is 17.9 Å². The molecule has 16 heavy (non-hydrogen) atoms. The Labute approximate surface area is 95.8 Å². The van der Waals surface area contributed by atoms with Gasteiger partial charge >= 0.3 is 0 Å². The quantitative estimate of drug-likeness (QED) is 0.749. The minimum atomic E-state index is 0.722. The molecule has 0 aliphatic heterocycles. The average Bonchev–Trinajstić information content (AvgIpc) is 2.61. The second-order valence-corrected chi connectivity index (χ2v) is 4.01. The van der Waals surface area contributed by atoms with Crippen LogP contribution >= 0.6 is 0 Å². The molecule has 0 saturated heterocycles. The summed E-state index contributed by atoms with van der Waals surface area (Å²) in [4.78, 5) is 0. The van der Waals surface area contributed by atoms with Gasteiger partial charge in [-0.1, -0.05) is 12.1 Å². The number of aromatic nitrogens is 1. The Kier molecular flexibility index (Phi) is 2.78. The van der Waals surface area contributed by atoms with Gasteiger partial charge in [0.1, 0.15) is 0 Å². The standard InChI is InChI=1S/C14H14N2/c1-11-6-7-12(2)16(11)10-14-5-3-4-13(8-14)9-15/h3-8H,10H2,1-2H3. The molecule has 0 spiro atoms. The van der Waals surface area contributed by atoms with Gasteiger partial charge in [0.25, 0.3) is 0 Å². The van der Waals surface area contributed by atoms with Crippen LogP contribution in [0.5, 0.6) is 0 Å². The van der Waals surface area contributed by atoms with Crippen LogP contribution in [0.3, 0.4) is 0 Å². The summed E-state index contributed by atoms with van der Waals surface area (Å²) in [5, 5.41) is 8.84. The van der Waals surface area contributed by atoms with Crippen molar-refractivity contribution in [2.75, 3.05) is 0 Å². The molecule has 80 valence electrons. The molecule has 1 heterocycles. The van der Waals surface area contributed by atoms with E-state index in [1.807, 2.05) is 18.2 Å². The molecule has 2 aromatic rings. The number of hydrogen-bond acceptors (Lipinski definition) is 1. The third-order valence-electron chi connectivity index (χ3n) is 2.81. The monoisotopic (exact) mass is 210 g/mol. The minimum Gasteiger partial charge on any atom is -0.345 e. The molecular formula is C14H14N2. The summed E-state index contributed by atoms with van der Waals surface area (Å²) in [6, 6.07) is 14.2. The SMILES string of the molecule is Cc1ccc(C)n1Cc1cccc(C#N)c1. The van der Waals surface area contributed by atoms with E-state index in [0.29, 0.717) is 0 Å². The van der Waals surface area contributed by atoms with E-state index >= 15 is 0 Å². The van der Waals surface area contributed by atoms with E-state index < -0.39 is 0 Å². The summed E-state index contributed by atoms with van der Waals surface area (Å²) in [5.74, 6) is 0. The van der Waals surface area contributed by atoms with Gasteiger partial charge in [-0.25, -0.2) is 0 Å². The summed E-state index contributed by atoms with van der Waals surface area (Å²) in [7, 11) is 0. The number of nitrogens with zero attached hydrogens (tertiary/aromatic N) is 2. The molecule has 0 aliphatic rings. The molecule has 0 amide bonds. The van der Waals surface area contributed by atoms with Crippen LogP contribution in [0.2, 0.25) is 0 Å². The predicted octanol–water partition coefficient (Wildman–Crippen LogP) is 3.02. The van der Waals surface area contributed by atoms with Crippen LogP contribution in [0.25, 0.3) is 0 Å². The lowest BCUT2D eigenvalue weighted by molar-refractivity contribution is 0.749. The van der Waals surface area contributed by atoms with E-state index in [2.05, 4.69) is 42.7 Å². The highest BCUT2D eigenvalue weighted by Gasteiger charge is 2.02. The van der Waals surface area contributed by atoms with Gasteiger partial charge in [-0.3, -0.25) is 0 Å². The van der Waals surface area contributed by atoms with Gasteiger partial charge in [-0.15, -0.1) is 0 Å². The van der Waals surface area contributed by atoms with Crippen molar-refractivity contribution in [1.29, 1.82) is 5.26 Å². The van der Waals surface area contributed by atoms with Crippen LogP contribution < -0.4 is 0 Å². The fourth-order valence-electron chi connectivity index (χ4n) is 1.87. The largest absolute Gasteiger partial charge is 0.345 e. The maximum atomic E-state index is 8.84. The summed E-state index contributed by atoms with van der Waals surface area (Å²) in [6.45, 7) is 5.03. The van der Waals surface area contributed by atoms with Crippen LogP contribution in [0.1, 0.15) is 22.5 Å². The Morgan fingerprint density at radius 1 is 1.12 bits per heavy atom. The lowest BCUT2D eigenvalue weighted by atomic mass is 10.1. The first-order chi connectivity index (χ1) is 7.70. The van der Waals surface area contributed by atoms with Crippen LogP contribution in [0, 0.1) is 25.2 Å². The van der Waals surface area contributed by atoms with Crippen molar-refractivity contribution in [2.45, 2.75) is 20.4 Å². The number of benzene rings is 1. The van der Waals surface area contributed by atoms with Gasteiger partial charge in [-0.05, 0) is 43.7 Å². The Morgan fingerprint density at radius 3 is 2.44 bits per heavy atom. The molecule has 0 fully saturated rings. The van der Waals surface area contributed by atoms with Gasteiger partial charge < -0.3 is 4.57 Å². The van der Waals surface area contributed by atoms with Gasteiger partial charge in [-0.2, -0.15) is 5.26 Å². The Balaban J connectivity index is 2.31. The number of rotatable bonds is 2. The molecule has 2 rings (SSSR count). The van der Waals surface area contributed by atoms with Crippen molar-refractivity contribution >= 4 is 0 Å². The summed E-state index contributed by atoms with van der Waals surface area (Å²) in [5.41, 5.74) is 4.39. The first kappa shape index (κ1) is 10.5. The van der Waals surface area contributed by atoms with Crippen molar-refractivity contribution in [2.24, 2.45) is 0 Å². The summed E-state index contributed by atoms with van der Waals surface area (Å²) in [6.07, 6.45) is 0. The third-order valence-corrected chi connectivity index (χ3v) is 2.81. The highest BCUT2D eigenvalue weighted by atomic mass is 15.0. The van der Waals surface area contributed by atoms with Gasteiger partial charge in [0.15, 0.2) is 0 Å². The molecular weight excluding hydrogens is 196 g/mol. The zero-order valence-electron chi connectivity index (χ0n) is 9.57. The molecule has 0 aliphatic carbocycles. The first-order valence-electron chi connectivity index (χ1n) is 5.32. The van der Waals surface area contributed by atoms with Crippen molar-refractivity contribution < 1.29 is 0 Å². The van der Waals surface area contributed by atoms with E-state index in [9.17, 15) is 0 Å². The van der Waals surface area contributed by atoms with E-state index in [-0.39, 0.29) is 0 Å². The molecule has 0 radical (unpaired) electrons. The Morgan fingerprint density at radius 2 is 1.81 bits per heavy atom. The van der Waals surface area contributed by atoms with Crippen molar-refractivity contribution in [1.82, 2.24) is 4.57 Å². The third kappa shape index (κ3) is 1.99. The lowest BCUT2D eigenvalue weighted by Gasteiger charge is -2.09. The molecule has 0 atom stereocenters. The van der Waals surface area contributed by atoms with Crippen molar-refractivity contribution in [3.05, 3.63) is 58.9 Å². The molecule has 0 bridgehead atoms. The van der Waals surface area contributed by atoms with Gasteiger partial charge in [0.2, 0.25) is 0 Å². The smallest absolute Gasteiger partial charge is 0.0991 e. The second-order valence-electron chi connectivity index (χ2n) is 4.01. The van der Waals surface area contributed by atoms with Crippen molar-refractivity contribution in [3.8, 4) is 6.07 Å². The molecule has 2 nitrogen and oxygen atoms in total. The number of nitriles is 1. The summed E-state index contributed by atoms with van der Waals surface area (Å²) < 4.78 is 2.25. The normalized spacial score (nSPS) is 10.1. The van der Waals surface area contributed by atoms with Gasteiger partial charge in [0.05, 0.1) is 11.6 Å². The lowest BCUT2D eigenvalue weighted by Crippen LogP contribution is -2.03. The summed E-state index contributed by atoms with van der Waals surface area (Å²) >= 11 is 0. The van der Waals surface area contributed by atoms with E-state index in [4.69, 9.17) is 5.26 Å². The molecule has 1 aromatic heterocycles. The van der Waals surface area contributed by atoms with Crippen LogP contribution in [0.4, 0.5) is 0 Å². The molecule has 2 heteroatoms. The van der Waals surface area contributed by atoms with Crippen LogP contribution in [-0.4, -0.2) is 4.57 Å². The zero-order chi connectivity index (χ0) is 11.5. The average molecular weight is 210 g/mol. The fraction of sp³-hybridized carbons (Fsp3) is 0.214. The molecule has 0 saturated carbocycles. The highest BCUT2D eigenvalue weighted by molar-refractivity contribution is 5.33.